The lowest BCUT2D eigenvalue weighted by Crippen LogP contribution is -2.22. The van der Waals surface area contributed by atoms with Gasteiger partial charge < -0.3 is 16.4 Å². The van der Waals surface area contributed by atoms with E-state index in [4.69, 9.17) is 17.3 Å². The van der Waals surface area contributed by atoms with Gasteiger partial charge in [0.15, 0.2) is 0 Å². The molecule has 0 fully saturated rings. The van der Waals surface area contributed by atoms with Crippen LogP contribution in [0.15, 0.2) is 48.5 Å². The Morgan fingerprint density at radius 1 is 1.05 bits per heavy atom. The van der Waals surface area contributed by atoms with E-state index in [1.165, 1.54) is 0 Å². The molecular weight excluding hydrogens is 290 g/mol. The molecule has 2 aromatic rings. The molecule has 0 heterocycles. The van der Waals surface area contributed by atoms with Gasteiger partial charge in [-0.05, 0) is 36.4 Å². The minimum Gasteiger partial charge on any atom is -0.375 e. The van der Waals surface area contributed by atoms with Gasteiger partial charge in [0.1, 0.15) is 0 Å². The van der Waals surface area contributed by atoms with Crippen LogP contribution in [0.4, 0.5) is 11.4 Å². The molecule has 0 bridgehead atoms. The minimum atomic E-state index is -0.506. The fraction of sp³-hybridized carbons (Fsp3) is 0.0667. The van der Waals surface area contributed by atoms with Crippen molar-refractivity contribution >= 4 is 34.8 Å². The van der Waals surface area contributed by atoms with Gasteiger partial charge in [0, 0.05) is 11.3 Å². The molecule has 0 aromatic heterocycles. The first-order chi connectivity index (χ1) is 10.1. The quantitative estimate of drug-likeness (QED) is 0.793. The van der Waals surface area contributed by atoms with Crippen molar-refractivity contribution in [3.63, 3.8) is 0 Å². The highest BCUT2D eigenvalue weighted by atomic mass is 35.5. The molecule has 0 spiro atoms. The van der Waals surface area contributed by atoms with Crippen molar-refractivity contribution in [3.05, 3.63) is 59.1 Å². The molecule has 0 aliphatic rings. The van der Waals surface area contributed by atoms with Crippen molar-refractivity contribution in [2.75, 3.05) is 17.2 Å². The second kappa shape index (κ2) is 6.76. The predicted octanol–water partition coefficient (Wildman–Crippen LogP) is 2.49. The SMILES string of the molecule is NC(=O)c1ccc(NC(=O)CNc2ccccc2Cl)cc1. The van der Waals surface area contributed by atoms with E-state index in [1.807, 2.05) is 12.1 Å². The number of primary amides is 1. The minimum absolute atomic E-state index is 0.0846. The van der Waals surface area contributed by atoms with Gasteiger partial charge >= 0.3 is 0 Å². The van der Waals surface area contributed by atoms with Crippen LogP contribution >= 0.6 is 11.6 Å². The Balaban J connectivity index is 1.90. The van der Waals surface area contributed by atoms with E-state index in [9.17, 15) is 9.59 Å². The fourth-order valence-electron chi connectivity index (χ4n) is 1.70. The summed E-state index contributed by atoms with van der Waals surface area (Å²) in [6.45, 7) is 0.0846. The highest BCUT2D eigenvalue weighted by Crippen LogP contribution is 2.20. The van der Waals surface area contributed by atoms with Crippen LogP contribution in [0.25, 0.3) is 0 Å². The average Bonchev–Trinajstić information content (AvgIpc) is 2.47. The Labute approximate surface area is 127 Å². The number of halogens is 1. The van der Waals surface area contributed by atoms with Gasteiger partial charge in [-0.1, -0.05) is 23.7 Å². The first kappa shape index (κ1) is 14.9. The van der Waals surface area contributed by atoms with Crippen LogP contribution in [-0.4, -0.2) is 18.4 Å². The number of hydrogen-bond donors (Lipinski definition) is 3. The van der Waals surface area contributed by atoms with Gasteiger partial charge in [-0.3, -0.25) is 9.59 Å². The summed E-state index contributed by atoms with van der Waals surface area (Å²) in [4.78, 5) is 22.7. The fourth-order valence-corrected chi connectivity index (χ4v) is 1.91. The summed E-state index contributed by atoms with van der Waals surface area (Å²) in [6.07, 6.45) is 0. The van der Waals surface area contributed by atoms with E-state index >= 15 is 0 Å². The van der Waals surface area contributed by atoms with E-state index in [2.05, 4.69) is 10.6 Å². The van der Waals surface area contributed by atoms with Gasteiger partial charge in [0.2, 0.25) is 11.8 Å². The number of rotatable bonds is 5. The van der Waals surface area contributed by atoms with Crippen molar-refractivity contribution in [2.45, 2.75) is 0 Å². The normalized spacial score (nSPS) is 9.95. The molecule has 0 atom stereocenters. The zero-order valence-corrected chi connectivity index (χ0v) is 11.9. The first-order valence-electron chi connectivity index (χ1n) is 6.24. The number of carbonyl (C=O) groups excluding carboxylic acids is 2. The lowest BCUT2D eigenvalue weighted by Gasteiger charge is -2.09. The molecule has 0 unspecified atom stereocenters. The van der Waals surface area contributed by atoms with Crippen LogP contribution < -0.4 is 16.4 Å². The van der Waals surface area contributed by atoms with Crippen LogP contribution in [0.3, 0.4) is 0 Å². The molecule has 108 valence electrons. The molecule has 21 heavy (non-hydrogen) atoms. The zero-order chi connectivity index (χ0) is 15.2. The predicted molar refractivity (Wildman–Crippen MR) is 83.5 cm³/mol. The molecule has 0 saturated carbocycles. The number of anilines is 2. The third-order valence-corrected chi connectivity index (χ3v) is 3.10. The van der Waals surface area contributed by atoms with Crippen molar-refractivity contribution < 1.29 is 9.59 Å². The molecule has 4 N–H and O–H groups in total. The van der Waals surface area contributed by atoms with Crippen molar-refractivity contribution in [1.29, 1.82) is 0 Å². The molecule has 6 heteroatoms. The van der Waals surface area contributed by atoms with Crippen LogP contribution in [0, 0.1) is 0 Å². The standard InChI is InChI=1S/C15H14ClN3O2/c16-12-3-1-2-4-13(12)18-9-14(20)19-11-7-5-10(6-8-11)15(17)21/h1-8,18H,9H2,(H2,17,21)(H,19,20). The molecule has 2 aromatic carbocycles. The number of hydrogen-bond acceptors (Lipinski definition) is 3. The van der Waals surface area contributed by atoms with Crippen molar-refractivity contribution in [1.82, 2.24) is 0 Å². The first-order valence-corrected chi connectivity index (χ1v) is 6.62. The average molecular weight is 304 g/mol. The van der Waals surface area contributed by atoms with Crippen LogP contribution in [0.1, 0.15) is 10.4 Å². The van der Waals surface area contributed by atoms with E-state index in [1.54, 1.807) is 36.4 Å². The smallest absolute Gasteiger partial charge is 0.248 e. The van der Waals surface area contributed by atoms with E-state index in [-0.39, 0.29) is 12.5 Å². The van der Waals surface area contributed by atoms with Crippen molar-refractivity contribution in [3.8, 4) is 0 Å². The number of amides is 2. The van der Waals surface area contributed by atoms with Gasteiger partial charge in [-0.2, -0.15) is 0 Å². The summed E-state index contributed by atoms with van der Waals surface area (Å²) in [5.74, 6) is -0.727. The van der Waals surface area contributed by atoms with Crippen LogP contribution in [0.5, 0.6) is 0 Å². The molecule has 0 aliphatic heterocycles. The summed E-state index contributed by atoms with van der Waals surface area (Å²) in [7, 11) is 0. The Hall–Kier alpha value is -2.53. The molecule has 0 aliphatic carbocycles. The highest BCUT2D eigenvalue weighted by molar-refractivity contribution is 6.33. The summed E-state index contributed by atoms with van der Waals surface area (Å²) in [5.41, 5.74) is 6.82. The number of nitrogens with one attached hydrogen (secondary N) is 2. The Morgan fingerprint density at radius 3 is 2.33 bits per heavy atom. The molecule has 2 rings (SSSR count). The van der Waals surface area contributed by atoms with E-state index in [0.717, 1.165) is 0 Å². The molecule has 0 radical (unpaired) electrons. The van der Waals surface area contributed by atoms with Gasteiger partial charge in [-0.25, -0.2) is 0 Å². The molecule has 2 amide bonds. The van der Waals surface area contributed by atoms with Crippen molar-refractivity contribution in [2.24, 2.45) is 5.73 Å². The van der Waals surface area contributed by atoms with Gasteiger partial charge in [0.25, 0.3) is 0 Å². The second-order valence-corrected chi connectivity index (χ2v) is 4.73. The maximum atomic E-state index is 11.8. The number of benzene rings is 2. The van der Waals surface area contributed by atoms with E-state index < -0.39 is 5.91 Å². The highest BCUT2D eigenvalue weighted by Gasteiger charge is 2.05. The molecule has 0 saturated heterocycles. The monoisotopic (exact) mass is 303 g/mol. The van der Waals surface area contributed by atoms with Gasteiger partial charge in [0.05, 0.1) is 17.3 Å². The third kappa shape index (κ3) is 4.22. The lowest BCUT2D eigenvalue weighted by atomic mass is 10.2. The topological polar surface area (TPSA) is 84.2 Å². The summed E-state index contributed by atoms with van der Waals surface area (Å²) in [6, 6.07) is 13.5. The largest absolute Gasteiger partial charge is 0.375 e. The summed E-state index contributed by atoms with van der Waals surface area (Å²) < 4.78 is 0. The zero-order valence-electron chi connectivity index (χ0n) is 11.1. The number of nitrogens with two attached hydrogens (primary N) is 1. The molecule has 5 nitrogen and oxygen atoms in total. The summed E-state index contributed by atoms with van der Waals surface area (Å²) >= 11 is 5.98. The van der Waals surface area contributed by atoms with Gasteiger partial charge in [-0.15, -0.1) is 0 Å². The van der Waals surface area contributed by atoms with Crippen LogP contribution in [0.2, 0.25) is 5.02 Å². The molecular formula is C15H14ClN3O2. The maximum Gasteiger partial charge on any atom is 0.248 e. The maximum absolute atomic E-state index is 11.8. The third-order valence-electron chi connectivity index (χ3n) is 2.77. The number of para-hydroxylation sites is 1. The van der Waals surface area contributed by atoms with Crippen LogP contribution in [-0.2, 0) is 4.79 Å². The lowest BCUT2D eigenvalue weighted by molar-refractivity contribution is -0.114. The van der Waals surface area contributed by atoms with E-state index in [0.29, 0.717) is 22.0 Å². The summed E-state index contributed by atoms with van der Waals surface area (Å²) in [5, 5.41) is 6.20. The Bertz CT molecular complexity index is 656. The Kier molecular flexibility index (Phi) is 4.79. The Morgan fingerprint density at radius 2 is 1.71 bits per heavy atom. The second-order valence-electron chi connectivity index (χ2n) is 4.32. The number of carbonyl (C=O) groups is 2.